The van der Waals surface area contributed by atoms with Crippen LogP contribution in [0, 0.1) is 6.92 Å². The molecule has 0 bridgehead atoms. The van der Waals surface area contributed by atoms with Crippen LogP contribution in [0.15, 0.2) is 29.4 Å². The Morgan fingerprint density at radius 3 is 2.77 bits per heavy atom. The first-order chi connectivity index (χ1) is 12.6. The van der Waals surface area contributed by atoms with E-state index in [1.165, 1.54) is 28.7 Å². The summed E-state index contributed by atoms with van der Waals surface area (Å²) >= 11 is 2.76. The lowest BCUT2D eigenvalue weighted by Gasteiger charge is -2.07. The molecule has 0 spiro atoms. The van der Waals surface area contributed by atoms with Crippen LogP contribution in [0.5, 0.6) is 0 Å². The van der Waals surface area contributed by atoms with E-state index < -0.39 is 0 Å². The SMILES string of the molecule is CCc1nnc(NC(=O)CSc2nnc(-c3cccc(C)c3)n2CC)s1. The number of benzene rings is 1. The van der Waals surface area contributed by atoms with E-state index in [0.29, 0.717) is 5.13 Å². The van der Waals surface area contributed by atoms with Crippen molar-refractivity contribution in [3.8, 4) is 11.4 Å². The third kappa shape index (κ3) is 4.28. The third-order valence-corrected chi connectivity index (χ3v) is 5.61. The zero-order chi connectivity index (χ0) is 18.5. The molecule has 2 aromatic heterocycles. The molecule has 136 valence electrons. The van der Waals surface area contributed by atoms with Gasteiger partial charge >= 0.3 is 0 Å². The summed E-state index contributed by atoms with van der Waals surface area (Å²) in [5.74, 6) is 0.930. The number of thioether (sulfide) groups is 1. The van der Waals surface area contributed by atoms with Gasteiger partial charge in [-0.15, -0.1) is 20.4 Å². The molecule has 0 saturated heterocycles. The number of aromatic nitrogens is 5. The number of nitrogens with one attached hydrogen (secondary N) is 1. The lowest BCUT2D eigenvalue weighted by Crippen LogP contribution is -2.14. The molecule has 0 radical (unpaired) electrons. The first kappa shape index (κ1) is 18.5. The van der Waals surface area contributed by atoms with Gasteiger partial charge in [0.25, 0.3) is 0 Å². The van der Waals surface area contributed by atoms with Crippen LogP contribution in [0.2, 0.25) is 0 Å². The van der Waals surface area contributed by atoms with Crippen molar-refractivity contribution >= 4 is 34.1 Å². The standard InChI is InChI=1S/C17H20N6OS2/c1-4-14-19-21-16(26-14)18-13(24)10-25-17-22-20-15(23(17)5-2)12-8-6-7-11(3)9-12/h6-9H,4-5,10H2,1-3H3,(H,18,21,24). The third-order valence-electron chi connectivity index (χ3n) is 3.66. The number of carbonyl (C=O) groups is 1. The van der Waals surface area contributed by atoms with E-state index >= 15 is 0 Å². The maximum absolute atomic E-state index is 12.2. The molecule has 3 rings (SSSR count). The van der Waals surface area contributed by atoms with Crippen molar-refractivity contribution in [3.63, 3.8) is 0 Å². The Hall–Kier alpha value is -2.26. The van der Waals surface area contributed by atoms with E-state index in [1.807, 2.05) is 43.5 Å². The maximum atomic E-state index is 12.2. The Morgan fingerprint density at radius 2 is 2.08 bits per heavy atom. The van der Waals surface area contributed by atoms with Crippen molar-refractivity contribution < 1.29 is 4.79 Å². The Kier molecular flexibility index (Phi) is 6.00. The molecular formula is C17H20N6OS2. The van der Waals surface area contributed by atoms with E-state index in [0.717, 1.165) is 34.5 Å². The molecule has 0 aliphatic rings. The fraction of sp³-hybridized carbons (Fsp3) is 0.353. The molecule has 0 unspecified atom stereocenters. The molecule has 26 heavy (non-hydrogen) atoms. The molecule has 0 atom stereocenters. The van der Waals surface area contributed by atoms with Gasteiger partial charge in [-0.25, -0.2) is 0 Å². The van der Waals surface area contributed by atoms with Crippen molar-refractivity contribution in [1.82, 2.24) is 25.0 Å². The summed E-state index contributed by atoms with van der Waals surface area (Å²) in [5, 5.41) is 21.5. The second-order valence-electron chi connectivity index (χ2n) is 5.61. The minimum absolute atomic E-state index is 0.128. The van der Waals surface area contributed by atoms with Gasteiger partial charge in [0.1, 0.15) is 5.01 Å². The molecule has 0 aliphatic heterocycles. The first-order valence-corrected chi connectivity index (χ1v) is 10.2. The van der Waals surface area contributed by atoms with Crippen molar-refractivity contribution in [2.45, 2.75) is 38.9 Å². The summed E-state index contributed by atoms with van der Waals surface area (Å²) in [7, 11) is 0. The Labute approximate surface area is 160 Å². The topological polar surface area (TPSA) is 85.6 Å². The normalized spacial score (nSPS) is 10.9. The monoisotopic (exact) mass is 388 g/mol. The van der Waals surface area contributed by atoms with Crippen LogP contribution in [-0.4, -0.2) is 36.6 Å². The number of rotatable bonds is 7. The van der Waals surface area contributed by atoms with Gasteiger partial charge in [0.05, 0.1) is 5.75 Å². The van der Waals surface area contributed by atoms with E-state index in [1.54, 1.807) is 0 Å². The number of carbonyl (C=O) groups excluding carboxylic acids is 1. The summed E-state index contributed by atoms with van der Waals surface area (Å²) < 4.78 is 2.02. The molecule has 2 heterocycles. The second-order valence-corrected chi connectivity index (χ2v) is 7.62. The summed E-state index contributed by atoms with van der Waals surface area (Å²) in [6, 6.07) is 8.16. The molecule has 9 heteroatoms. The predicted molar refractivity (Wildman–Crippen MR) is 105 cm³/mol. The molecule has 1 amide bonds. The van der Waals surface area contributed by atoms with Crippen LogP contribution in [0.25, 0.3) is 11.4 Å². The van der Waals surface area contributed by atoms with Crippen molar-refractivity contribution in [2.24, 2.45) is 0 Å². The molecule has 3 aromatic rings. The number of hydrogen-bond acceptors (Lipinski definition) is 7. The van der Waals surface area contributed by atoms with Gasteiger partial charge in [0, 0.05) is 12.1 Å². The fourth-order valence-electron chi connectivity index (χ4n) is 2.41. The minimum Gasteiger partial charge on any atom is -0.302 e. The molecule has 7 nitrogen and oxygen atoms in total. The molecule has 0 aliphatic carbocycles. The number of amides is 1. The average molecular weight is 389 g/mol. The minimum atomic E-state index is -0.128. The smallest absolute Gasteiger partial charge is 0.236 e. The van der Waals surface area contributed by atoms with Gasteiger partial charge in [0.15, 0.2) is 11.0 Å². The number of anilines is 1. The lowest BCUT2D eigenvalue weighted by molar-refractivity contribution is -0.113. The van der Waals surface area contributed by atoms with Crippen LogP contribution in [0.1, 0.15) is 24.4 Å². The van der Waals surface area contributed by atoms with Gasteiger partial charge in [-0.05, 0) is 26.3 Å². The summed E-state index contributed by atoms with van der Waals surface area (Å²) in [5.41, 5.74) is 2.20. The van der Waals surface area contributed by atoms with Crippen LogP contribution in [-0.2, 0) is 17.8 Å². The van der Waals surface area contributed by atoms with E-state index in [-0.39, 0.29) is 11.7 Å². The van der Waals surface area contributed by atoms with Gasteiger partial charge in [-0.2, -0.15) is 0 Å². The second kappa shape index (κ2) is 8.41. The average Bonchev–Trinajstić information content (AvgIpc) is 3.26. The molecule has 1 N–H and O–H groups in total. The van der Waals surface area contributed by atoms with Crippen molar-refractivity contribution in [1.29, 1.82) is 0 Å². The molecule has 0 fully saturated rings. The largest absolute Gasteiger partial charge is 0.302 e. The van der Waals surface area contributed by atoms with Crippen LogP contribution < -0.4 is 5.32 Å². The van der Waals surface area contributed by atoms with Crippen LogP contribution in [0.4, 0.5) is 5.13 Å². The molecule has 0 saturated carbocycles. The highest BCUT2D eigenvalue weighted by Gasteiger charge is 2.15. The zero-order valence-electron chi connectivity index (χ0n) is 14.9. The number of nitrogens with zero attached hydrogens (tertiary/aromatic N) is 5. The predicted octanol–water partition coefficient (Wildman–Crippen LogP) is 3.42. The summed E-state index contributed by atoms with van der Waals surface area (Å²) in [6.45, 7) is 6.83. The highest BCUT2D eigenvalue weighted by Crippen LogP contribution is 2.25. The highest BCUT2D eigenvalue weighted by molar-refractivity contribution is 7.99. The first-order valence-electron chi connectivity index (χ1n) is 8.36. The number of hydrogen-bond donors (Lipinski definition) is 1. The fourth-order valence-corrected chi connectivity index (χ4v) is 3.91. The Balaban J connectivity index is 1.67. The summed E-state index contributed by atoms with van der Waals surface area (Å²) in [4.78, 5) is 12.2. The van der Waals surface area contributed by atoms with E-state index in [4.69, 9.17) is 0 Å². The number of aryl methyl sites for hydroxylation is 2. The Bertz CT molecular complexity index is 904. The van der Waals surface area contributed by atoms with Crippen molar-refractivity contribution in [2.75, 3.05) is 11.1 Å². The van der Waals surface area contributed by atoms with Gasteiger partial charge in [-0.3, -0.25) is 10.1 Å². The van der Waals surface area contributed by atoms with Gasteiger partial charge < -0.3 is 4.57 Å². The maximum Gasteiger partial charge on any atom is 0.236 e. The van der Waals surface area contributed by atoms with Gasteiger partial charge in [0.2, 0.25) is 11.0 Å². The quantitative estimate of drug-likeness (QED) is 0.624. The molecular weight excluding hydrogens is 368 g/mol. The molecule has 1 aromatic carbocycles. The highest BCUT2D eigenvalue weighted by atomic mass is 32.2. The zero-order valence-corrected chi connectivity index (χ0v) is 16.5. The summed E-state index contributed by atoms with van der Waals surface area (Å²) in [6.07, 6.45) is 0.809. The van der Waals surface area contributed by atoms with Gasteiger partial charge in [-0.1, -0.05) is 53.8 Å². The van der Waals surface area contributed by atoms with Crippen LogP contribution >= 0.6 is 23.1 Å². The lowest BCUT2D eigenvalue weighted by atomic mass is 10.1. The van der Waals surface area contributed by atoms with E-state index in [2.05, 4.69) is 31.8 Å². The van der Waals surface area contributed by atoms with E-state index in [9.17, 15) is 4.79 Å². The Morgan fingerprint density at radius 1 is 1.23 bits per heavy atom. The van der Waals surface area contributed by atoms with Crippen LogP contribution in [0.3, 0.4) is 0 Å². The van der Waals surface area contributed by atoms with Crippen molar-refractivity contribution in [3.05, 3.63) is 34.8 Å².